The summed E-state index contributed by atoms with van der Waals surface area (Å²) in [5.41, 5.74) is 2.08. The highest BCUT2D eigenvalue weighted by Gasteiger charge is 2.10. The molecule has 0 aliphatic rings. The lowest BCUT2D eigenvalue weighted by atomic mass is 10.1. The summed E-state index contributed by atoms with van der Waals surface area (Å²) in [6.45, 7) is 2.45. The number of carbonyl (C=O) groups is 1. The van der Waals surface area contributed by atoms with Gasteiger partial charge in [0.1, 0.15) is 0 Å². The molecule has 0 radical (unpaired) electrons. The lowest BCUT2D eigenvalue weighted by Gasteiger charge is -2.12. The molecule has 0 bridgehead atoms. The fourth-order valence-corrected chi connectivity index (χ4v) is 2.07. The van der Waals surface area contributed by atoms with Crippen LogP contribution < -0.4 is 5.32 Å². The van der Waals surface area contributed by atoms with Gasteiger partial charge in [-0.1, -0.05) is 18.2 Å². The van der Waals surface area contributed by atoms with Gasteiger partial charge in [0.05, 0.1) is 13.0 Å². The van der Waals surface area contributed by atoms with E-state index in [0.29, 0.717) is 13.0 Å². The van der Waals surface area contributed by atoms with Crippen molar-refractivity contribution >= 4 is 16.8 Å². The molecule has 0 saturated heterocycles. The van der Waals surface area contributed by atoms with E-state index in [1.807, 2.05) is 37.4 Å². The molecule has 18 heavy (non-hydrogen) atoms. The minimum atomic E-state index is 0.0179. The Bertz CT molecular complexity index is 533. The minimum Gasteiger partial charge on any atom is -0.383 e. The third-order valence-corrected chi connectivity index (χ3v) is 2.85. The van der Waals surface area contributed by atoms with E-state index in [9.17, 15) is 4.79 Å². The number of ether oxygens (including phenoxy) is 1. The second kappa shape index (κ2) is 5.69. The fraction of sp³-hybridized carbons (Fsp3) is 0.357. The normalized spacial score (nSPS) is 12.6. The molecule has 2 N–H and O–H groups in total. The van der Waals surface area contributed by atoms with Gasteiger partial charge in [-0.2, -0.15) is 0 Å². The number of para-hydroxylation sites is 1. The van der Waals surface area contributed by atoms with Crippen molar-refractivity contribution in [2.45, 2.75) is 19.4 Å². The molecule has 1 amide bonds. The van der Waals surface area contributed by atoms with E-state index in [2.05, 4.69) is 10.3 Å². The zero-order chi connectivity index (χ0) is 13.0. The Morgan fingerprint density at radius 3 is 3.00 bits per heavy atom. The van der Waals surface area contributed by atoms with Crippen molar-refractivity contribution in [1.29, 1.82) is 0 Å². The Hall–Kier alpha value is -1.81. The number of aromatic amines is 1. The molecule has 4 nitrogen and oxygen atoms in total. The molecule has 96 valence electrons. The van der Waals surface area contributed by atoms with E-state index in [1.165, 1.54) is 0 Å². The molecule has 1 aromatic heterocycles. The second-order valence-corrected chi connectivity index (χ2v) is 4.46. The van der Waals surface area contributed by atoms with Crippen LogP contribution in [0.1, 0.15) is 12.5 Å². The molecule has 0 aliphatic heterocycles. The molecule has 1 aromatic carbocycles. The van der Waals surface area contributed by atoms with Gasteiger partial charge in [0.25, 0.3) is 0 Å². The Morgan fingerprint density at radius 2 is 2.22 bits per heavy atom. The maximum absolute atomic E-state index is 11.9. The van der Waals surface area contributed by atoms with Gasteiger partial charge < -0.3 is 15.0 Å². The summed E-state index contributed by atoms with van der Waals surface area (Å²) in [5, 5.41) is 4.01. The number of hydrogen-bond donors (Lipinski definition) is 2. The van der Waals surface area contributed by atoms with E-state index >= 15 is 0 Å². The number of hydrogen-bond acceptors (Lipinski definition) is 2. The van der Waals surface area contributed by atoms with Crippen LogP contribution in [0.4, 0.5) is 0 Å². The predicted molar refractivity (Wildman–Crippen MR) is 71.5 cm³/mol. The van der Waals surface area contributed by atoms with Gasteiger partial charge in [0.2, 0.25) is 5.91 Å². The Labute approximate surface area is 106 Å². The monoisotopic (exact) mass is 246 g/mol. The summed E-state index contributed by atoms with van der Waals surface area (Å²) >= 11 is 0. The molecule has 2 aromatic rings. The van der Waals surface area contributed by atoms with Crippen LogP contribution in [0.3, 0.4) is 0 Å². The zero-order valence-corrected chi connectivity index (χ0v) is 10.7. The van der Waals surface area contributed by atoms with Gasteiger partial charge in [0.15, 0.2) is 0 Å². The SMILES string of the molecule is COC[C@@H](C)NC(=O)Cc1c[nH]c2ccccc12. The maximum atomic E-state index is 11.9. The number of H-pyrrole nitrogens is 1. The van der Waals surface area contributed by atoms with E-state index in [1.54, 1.807) is 7.11 Å². The van der Waals surface area contributed by atoms with Crippen LogP contribution in [0.15, 0.2) is 30.5 Å². The number of amides is 1. The molecular formula is C14H18N2O2. The summed E-state index contributed by atoms with van der Waals surface area (Å²) in [7, 11) is 1.63. The van der Waals surface area contributed by atoms with Crippen molar-refractivity contribution in [2.75, 3.05) is 13.7 Å². The van der Waals surface area contributed by atoms with Crippen molar-refractivity contribution in [2.24, 2.45) is 0 Å². The predicted octanol–water partition coefficient (Wildman–Crippen LogP) is 1.86. The van der Waals surface area contributed by atoms with E-state index in [4.69, 9.17) is 4.74 Å². The first-order valence-electron chi connectivity index (χ1n) is 6.04. The molecule has 0 fully saturated rings. The van der Waals surface area contributed by atoms with Crippen LogP contribution in [0.2, 0.25) is 0 Å². The number of carbonyl (C=O) groups excluding carboxylic acids is 1. The first kappa shape index (κ1) is 12.6. The third kappa shape index (κ3) is 2.90. The maximum Gasteiger partial charge on any atom is 0.224 e. The summed E-state index contributed by atoms with van der Waals surface area (Å²) in [5.74, 6) is 0.0179. The van der Waals surface area contributed by atoms with Crippen LogP contribution in [0.25, 0.3) is 10.9 Å². The van der Waals surface area contributed by atoms with Crippen molar-refractivity contribution in [1.82, 2.24) is 10.3 Å². The third-order valence-electron chi connectivity index (χ3n) is 2.85. The van der Waals surface area contributed by atoms with Gasteiger partial charge in [-0.05, 0) is 18.6 Å². The Kier molecular flexibility index (Phi) is 3.99. The summed E-state index contributed by atoms with van der Waals surface area (Å²) in [4.78, 5) is 15.0. The average Bonchev–Trinajstić information content (AvgIpc) is 2.73. The first-order chi connectivity index (χ1) is 8.70. The number of fused-ring (bicyclic) bond motifs is 1. The van der Waals surface area contributed by atoms with Crippen molar-refractivity contribution in [3.63, 3.8) is 0 Å². The van der Waals surface area contributed by atoms with Gasteiger partial charge in [-0.3, -0.25) is 4.79 Å². The van der Waals surface area contributed by atoms with Gasteiger partial charge >= 0.3 is 0 Å². The van der Waals surface area contributed by atoms with Crippen LogP contribution >= 0.6 is 0 Å². The lowest BCUT2D eigenvalue weighted by molar-refractivity contribution is -0.121. The molecule has 2 rings (SSSR count). The van der Waals surface area contributed by atoms with E-state index in [-0.39, 0.29) is 11.9 Å². The quantitative estimate of drug-likeness (QED) is 0.846. The van der Waals surface area contributed by atoms with Crippen molar-refractivity contribution in [3.05, 3.63) is 36.0 Å². The number of aromatic nitrogens is 1. The molecule has 0 spiro atoms. The minimum absolute atomic E-state index is 0.0179. The van der Waals surface area contributed by atoms with Crippen LogP contribution in [-0.2, 0) is 16.0 Å². The van der Waals surface area contributed by atoms with Gasteiger partial charge in [-0.15, -0.1) is 0 Å². The molecule has 1 atom stereocenters. The molecule has 0 saturated carbocycles. The Balaban J connectivity index is 2.03. The molecular weight excluding hydrogens is 228 g/mol. The van der Waals surface area contributed by atoms with Gasteiger partial charge in [-0.25, -0.2) is 0 Å². The summed E-state index contributed by atoms with van der Waals surface area (Å²) in [6.07, 6.45) is 2.28. The van der Waals surface area contributed by atoms with Crippen LogP contribution in [0, 0.1) is 0 Å². The highest BCUT2D eigenvalue weighted by molar-refractivity contribution is 5.88. The molecule has 4 heteroatoms. The van der Waals surface area contributed by atoms with E-state index in [0.717, 1.165) is 16.5 Å². The van der Waals surface area contributed by atoms with Crippen molar-refractivity contribution in [3.8, 4) is 0 Å². The molecule has 0 unspecified atom stereocenters. The van der Waals surface area contributed by atoms with Crippen molar-refractivity contribution < 1.29 is 9.53 Å². The fourth-order valence-electron chi connectivity index (χ4n) is 2.07. The van der Waals surface area contributed by atoms with Crippen LogP contribution in [-0.4, -0.2) is 30.6 Å². The first-order valence-corrected chi connectivity index (χ1v) is 6.04. The van der Waals surface area contributed by atoms with E-state index < -0.39 is 0 Å². The standard InChI is InChI=1S/C14H18N2O2/c1-10(9-18-2)16-14(17)7-11-8-15-13-6-4-3-5-12(11)13/h3-6,8,10,15H,7,9H2,1-2H3,(H,16,17)/t10-/m1/s1. The smallest absolute Gasteiger partial charge is 0.224 e. The zero-order valence-electron chi connectivity index (χ0n) is 10.7. The topological polar surface area (TPSA) is 54.1 Å². The van der Waals surface area contributed by atoms with Crippen LogP contribution in [0.5, 0.6) is 0 Å². The highest BCUT2D eigenvalue weighted by atomic mass is 16.5. The highest BCUT2D eigenvalue weighted by Crippen LogP contribution is 2.17. The number of rotatable bonds is 5. The largest absolute Gasteiger partial charge is 0.383 e. The summed E-state index contributed by atoms with van der Waals surface area (Å²) < 4.78 is 4.99. The lowest BCUT2D eigenvalue weighted by Crippen LogP contribution is -2.36. The average molecular weight is 246 g/mol. The molecule has 1 heterocycles. The number of benzene rings is 1. The molecule has 0 aliphatic carbocycles. The summed E-state index contributed by atoms with van der Waals surface area (Å²) in [6, 6.07) is 8.01. The Morgan fingerprint density at radius 1 is 1.44 bits per heavy atom. The second-order valence-electron chi connectivity index (χ2n) is 4.46. The van der Waals surface area contributed by atoms with Gasteiger partial charge in [0, 0.05) is 30.3 Å². The number of nitrogens with one attached hydrogen (secondary N) is 2. The number of methoxy groups -OCH3 is 1.